The summed E-state index contributed by atoms with van der Waals surface area (Å²) >= 11 is 1.36. The topological polar surface area (TPSA) is 34.1 Å². The van der Waals surface area contributed by atoms with E-state index in [0.717, 1.165) is 15.6 Å². The maximum atomic E-state index is 12.9. The molecule has 1 aromatic heterocycles. The van der Waals surface area contributed by atoms with Crippen LogP contribution in [-0.2, 0) is 15.6 Å². The van der Waals surface area contributed by atoms with Crippen LogP contribution in [0, 0.1) is 5.82 Å². The molecule has 0 N–H and O–H groups in total. The summed E-state index contributed by atoms with van der Waals surface area (Å²) in [4.78, 5) is 0. The molecule has 0 aliphatic heterocycles. The molecule has 0 bridgehead atoms. The van der Waals surface area contributed by atoms with Crippen LogP contribution in [0.2, 0.25) is 0 Å². The van der Waals surface area contributed by atoms with Crippen molar-refractivity contribution in [1.82, 2.24) is 0 Å². The summed E-state index contributed by atoms with van der Waals surface area (Å²) in [7, 11) is -3.04. The summed E-state index contributed by atoms with van der Waals surface area (Å²) < 4.78 is 35.9. The molecule has 0 saturated carbocycles. The van der Waals surface area contributed by atoms with E-state index >= 15 is 0 Å². The number of hydrogen-bond acceptors (Lipinski definition) is 3. The van der Waals surface area contributed by atoms with Crippen molar-refractivity contribution >= 4 is 31.3 Å². The van der Waals surface area contributed by atoms with Gasteiger partial charge in [0.05, 0.1) is 5.75 Å². The molecule has 2 aromatic rings. The van der Waals surface area contributed by atoms with Crippen LogP contribution in [0.5, 0.6) is 0 Å². The molecule has 0 amide bonds. The molecular formula is C10H9FO2S2. The van der Waals surface area contributed by atoms with Crippen LogP contribution < -0.4 is 0 Å². The van der Waals surface area contributed by atoms with Gasteiger partial charge in [0.25, 0.3) is 0 Å². The predicted octanol–water partition coefficient (Wildman–Crippen LogP) is 2.59. The van der Waals surface area contributed by atoms with Crippen LogP contribution in [0.1, 0.15) is 5.56 Å². The smallest absolute Gasteiger partial charge is 0.151 e. The van der Waals surface area contributed by atoms with Crippen molar-refractivity contribution in [2.45, 2.75) is 5.75 Å². The number of hydrogen-bond donors (Lipinski definition) is 0. The first-order chi connectivity index (χ1) is 6.96. The van der Waals surface area contributed by atoms with Crippen molar-refractivity contribution < 1.29 is 12.8 Å². The van der Waals surface area contributed by atoms with Gasteiger partial charge in [-0.25, -0.2) is 12.8 Å². The number of rotatable bonds is 2. The van der Waals surface area contributed by atoms with Gasteiger partial charge in [0.2, 0.25) is 0 Å². The van der Waals surface area contributed by atoms with E-state index in [-0.39, 0.29) is 11.6 Å². The fourth-order valence-corrected chi connectivity index (χ4v) is 3.35. The van der Waals surface area contributed by atoms with Gasteiger partial charge in [-0.3, -0.25) is 0 Å². The van der Waals surface area contributed by atoms with Crippen molar-refractivity contribution in [3.63, 3.8) is 0 Å². The first kappa shape index (κ1) is 10.6. The first-order valence-corrected chi connectivity index (χ1v) is 7.23. The van der Waals surface area contributed by atoms with Gasteiger partial charge in [0, 0.05) is 11.0 Å². The lowest BCUT2D eigenvalue weighted by atomic mass is 10.2. The van der Waals surface area contributed by atoms with E-state index < -0.39 is 9.84 Å². The second kappa shape index (κ2) is 3.57. The Hall–Kier alpha value is -0.940. The van der Waals surface area contributed by atoms with Crippen LogP contribution in [0.3, 0.4) is 0 Å². The Morgan fingerprint density at radius 2 is 2.13 bits per heavy atom. The Balaban J connectivity index is 2.55. The van der Waals surface area contributed by atoms with E-state index in [1.54, 1.807) is 11.4 Å². The Bertz CT molecular complexity index is 599. The number of fused-ring (bicyclic) bond motifs is 1. The zero-order chi connectivity index (χ0) is 11.1. The lowest BCUT2D eigenvalue weighted by Crippen LogP contribution is -1.99. The minimum absolute atomic E-state index is 0.0125. The highest BCUT2D eigenvalue weighted by molar-refractivity contribution is 7.89. The number of thiophene rings is 1. The van der Waals surface area contributed by atoms with Crippen molar-refractivity contribution in [3.8, 4) is 0 Å². The zero-order valence-electron chi connectivity index (χ0n) is 8.03. The van der Waals surface area contributed by atoms with E-state index in [2.05, 4.69) is 0 Å². The summed E-state index contributed by atoms with van der Waals surface area (Å²) in [5, 5.41) is 2.59. The molecule has 0 aliphatic rings. The van der Waals surface area contributed by atoms with E-state index in [0.29, 0.717) is 0 Å². The minimum atomic E-state index is -3.04. The summed E-state index contributed by atoms with van der Waals surface area (Å²) in [6, 6.07) is 4.40. The molecule has 0 spiro atoms. The normalized spacial score (nSPS) is 12.1. The van der Waals surface area contributed by atoms with Crippen LogP contribution in [0.15, 0.2) is 23.6 Å². The third-order valence-corrected chi connectivity index (χ3v) is 3.86. The summed E-state index contributed by atoms with van der Waals surface area (Å²) in [5.41, 5.74) is 0.748. The van der Waals surface area contributed by atoms with E-state index in [9.17, 15) is 12.8 Å². The average Bonchev–Trinajstić information content (AvgIpc) is 2.45. The standard InChI is InChI=1S/C10H9FO2S2/c1-15(12,13)6-7-5-14-10-4-8(11)2-3-9(7)10/h2-5H,6H2,1H3. The Labute approximate surface area is 91.3 Å². The Morgan fingerprint density at radius 3 is 2.80 bits per heavy atom. The van der Waals surface area contributed by atoms with Crippen LogP contribution in [0.25, 0.3) is 10.1 Å². The van der Waals surface area contributed by atoms with Crippen molar-refractivity contribution in [1.29, 1.82) is 0 Å². The molecule has 5 heteroatoms. The summed E-state index contributed by atoms with van der Waals surface area (Å²) in [6.45, 7) is 0. The molecule has 0 atom stereocenters. The van der Waals surface area contributed by atoms with Gasteiger partial charge >= 0.3 is 0 Å². The monoisotopic (exact) mass is 244 g/mol. The largest absolute Gasteiger partial charge is 0.229 e. The van der Waals surface area contributed by atoms with Gasteiger partial charge in [-0.2, -0.15) is 0 Å². The van der Waals surface area contributed by atoms with Gasteiger partial charge in [-0.05, 0) is 28.5 Å². The lowest BCUT2D eigenvalue weighted by molar-refractivity contribution is 0.601. The maximum absolute atomic E-state index is 12.9. The number of benzene rings is 1. The van der Waals surface area contributed by atoms with Crippen molar-refractivity contribution in [2.24, 2.45) is 0 Å². The number of halogens is 1. The fraction of sp³-hybridized carbons (Fsp3) is 0.200. The quantitative estimate of drug-likeness (QED) is 0.813. The highest BCUT2D eigenvalue weighted by atomic mass is 32.2. The van der Waals surface area contributed by atoms with Gasteiger partial charge in [-0.1, -0.05) is 6.07 Å². The molecule has 1 aromatic carbocycles. The van der Waals surface area contributed by atoms with Gasteiger partial charge in [-0.15, -0.1) is 11.3 Å². The van der Waals surface area contributed by atoms with E-state index in [4.69, 9.17) is 0 Å². The zero-order valence-corrected chi connectivity index (χ0v) is 9.66. The average molecular weight is 244 g/mol. The molecular weight excluding hydrogens is 235 g/mol. The maximum Gasteiger partial charge on any atom is 0.151 e. The second-order valence-electron chi connectivity index (χ2n) is 3.47. The van der Waals surface area contributed by atoms with Crippen molar-refractivity contribution in [3.05, 3.63) is 35.0 Å². The summed E-state index contributed by atoms with van der Waals surface area (Å²) in [6.07, 6.45) is 1.19. The molecule has 2 rings (SSSR count). The second-order valence-corrected chi connectivity index (χ2v) is 6.52. The number of sulfone groups is 1. The van der Waals surface area contributed by atoms with Gasteiger partial charge in [0.1, 0.15) is 5.82 Å². The molecule has 80 valence electrons. The molecule has 0 saturated heterocycles. The van der Waals surface area contributed by atoms with Crippen LogP contribution in [0.4, 0.5) is 4.39 Å². The minimum Gasteiger partial charge on any atom is -0.229 e. The molecule has 0 fully saturated rings. The predicted molar refractivity (Wildman–Crippen MR) is 60.3 cm³/mol. The molecule has 0 radical (unpaired) electrons. The fourth-order valence-electron chi connectivity index (χ4n) is 1.45. The molecule has 2 nitrogen and oxygen atoms in total. The summed E-state index contributed by atoms with van der Waals surface area (Å²) in [5.74, 6) is -0.284. The SMILES string of the molecule is CS(=O)(=O)Cc1csc2cc(F)ccc12. The molecule has 1 heterocycles. The first-order valence-electron chi connectivity index (χ1n) is 4.29. The van der Waals surface area contributed by atoms with Crippen LogP contribution >= 0.6 is 11.3 Å². The molecule has 0 unspecified atom stereocenters. The molecule has 15 heavy (non-hydrogen) atoms. The third kappa shape index (κ3) is 2.35. The lowest BCUT2D eigenvalue weighted by Gasteiger charge is -1.97. The van der Waals surface area contributed by atoms with Crippen molar-refractivity contribution in [2.75, 3.05) is 6.26 Å². The van der Waals surface area contributed by atoms with E-state index in [1.165, 1.54) is 29.7 Å². The Morgan fingerprint density at radius 1 is 1.40 bits per heavy atom. The van der Waals surface area contributed by atoms with Gasteiger partial charge < -0.3 is 0 Å². The van der Waals surface area contributed by atoms with Gasteiger partial charge in [0.15, 0.2) is 9.84 Å². The Kier molecular flexibility index (Phi) is 2.52. The van der Waals surface area contributed by atoms with E-state index in [1.807, 2.05) is 0 Å². The highest BCUT2D eigenvalue weighted by Gasteiger charge is 2.10. The highest BCUT2D eigenvalue weighted by Crippen LogP contribution is 2.27. The molecule has 0 aliphatic carbocycles. The van der Waals surface area contributed by atoms with Crippen LogP contribution in [-0.4, -0.2) is 14.7 Å². The third-order valence-electron chi connectivity index (χ3n) is 2.04.